The first-order chi connectivity index (χ1) is 8.63. The molecule has 0 aliphatic rings. The number of thioether (sulfide) groups is 1. The van der Waals surface area contributed by atoms with E-state index in [1.54, 1.807) is 6.07 Å². The molecule has 1 unspecified atom stereocenters. The molecule has 5 heteroatoms. The first-order valence-electron chi connectivity index (χ1n) is 5.82. The van der Waals surface area contributed by atoms with Crippen molar-refractivity contribution >= 4 is 29.3 Å². The van der Waals surface area contributed by atoms with Crippen molar-refractivity contribution in [2.75, 3.05) is 18.1 Å². The number of halogens is 1. The van der Waals surface area contributed by atoms with Gasteiger partial charge in [0, 0.05) is 18.2 Å². The van der Waals surface area contributed by atoms with Crippen LogP contribution < -0.4 is 5.32 Å². The van der Waals surface area contributed by atoms with Crippen molar-refractivity contribution in [2.24, 2.45) is 5.92 Å². The number of hydrogen-bond acceptors (Lipinski definition) is 3. The van der Waals surface area contributed by atoms with E-state index in [2.05, 4.69) is 5.32 Å². The van der Waals surface area contributed by atoms with Gasteiger partial charge in [-0.05, 0) is 23.3 Å². The number of nitrogens with one attached hydrogen (secondary N) is 1. The summed E-state index contributed by atoms with van der Waals surface area (Å²) in [4.78, 5) is 11.6. The van der Waals surface area contributed by atoms with E-state index >= 15 is 0 Å². The Bertz CT molecular complexity index is 387. The Morgan fingerprint density at radius 1 is 1.50 bits per heavy atom. The van der Waals surface area contributed by atoms with E-state index in [9.17, 15) is 4.79 Å². The molecule has 1 aromatic carbocycles. The first kappa shape index (κ1) is 15.3. The number of aliphatic hydroxyl groups excluding tert-OH is 1. The van der Waals surface area contributed by atoms with Crippen LogP contribution in [-0.4, -0.2) is 29.1 Å². The minimum Gasteiger partial charge on any atom is -0.396 e. The molecule has 1 rings (SSSR count). The summed E-state index contributed by atoms with van der Waals surface area (Å²) in [6.45, 7) is 2.57. The molecular formula is C13H18ClNO2S. The molecule has 0 saturated heterocycles. The molecule has 1 amide bonds. The number of rotatable bonds is 7. The second-order valence-electron chi connectivity index (χ2n) is 4.17. The highest BCUT2D eigenvalue weighted by atomic mass is 35.5. The van der Waals surface area contributed by atoms with Crippen molar-refractivity contribution in [3.05, 3.63) is 34.9 Å². The zero-order chi connectivity index (χ0) is 13.4. The summed E-state index contributed by atoms with van der Waals surface area (Å²) in [6.07, 6.45) is 0. The molecule has 3 nitrogen and oxygen atoms in total. The van der Waals surface area contributed by atoms with Crippen LogP contribution in [0, 0.1) is 5.92 Å². The fourth-order valence-electron chi connectivity index (χ4n) is 1.29. The molecule has 0 radical (unpaired) electrons. The highest BCUT2D eigenvalue weighted by molar-refractivity contribution is 7.99. The molecule has 100 valence electrons. The summed E-state index contributed by atoms with van der Waals surface area (Å²) in [6, 6.07) is 7.45. The smallest absolute Gasteiger partial charge is 0.230 e. The molecule has 0 fully saturated rings. The van der Waals surface area contributed by atoms with Gasteiger partial charge in [-0.15, -0.1) is 0 Å². The van der Waals surface area contributed by atoms with E-state index in [0.29, 0.717) is 17.3 Å². The van der Waals surface area contributed by atoms with Gasteiger partial charge in [0.1, 0.15) is 0 Å². The van der Waals surface area contributed by atoms with Crippen LogP contribution in [0.3, 0.4) is 0 Å². The number of carbonyl (C=O) groups is 1. The van der Waals surface area contributed by atoms with E-state index in [1.807, 2.05) is 25.1 Å². The normalized spacial score (nSPS) is 12.2. The van der Waals surface area contributed by atoms with Crippen molar-refractivity contribution in [2.45, 2.75) is 13.5 Å². The van der Waals surface area contributed by atoms with Gasteiger partial charge in [0.05, 0.1) is 5.75 Å². The lowest BCUT2D eigenvalue weighted by Gasteiger charge is -2.08. The average Bonchev–Trinajstić information content (AvgIpc) is 2.37. The van der Waals surface area contributed by atoms with Crippen LogP contribution in [0.2, 0.25) is 5.02 Å². The SMILES string of the molecule is CC(CO)CSCC(=O)NCc1ccccc1Cl. The second-order valence-corrected chi connectivity index (χ2v) is 5.61. The fraction of sp³-hybridized carbons (Fsp3) is 0.462. The third-order valence-electron chi connectivity index (χ3n) is 2.38. The number of carbonyl (C=O) groups excluding carboxylic acids is 1. The van der Waals surface area contributed by atoms with Crippen LogP contribution in [0.5, 0.6) is 0 Å². The third-order valence-corrected chi connectivity index (χ3v) is 4.02. The molecule has 0 aromatic heterocycles. The average molecular weight is 288 g/mol. The summed E-state index contributed by atoms with van der Waals surface area (Å²) in [5, 5.41) is 12.3. The molecule has 0 saturated carbocycles. The minimum atomic E-state index is -0.00920. The lowest BCUT2D eigenvalue weighted by atomic mass is 10.2. The second kappa shape index (κ2) is 8.40. The number of amides is 1. The van der Waals surface area contributed by atoms with Gasteiger partial charge < -0.3 is 10.4 Å². The number of benzene rings is 1. The van der Waals surface area contributed by atoms with Crippen molar-refractivity contribution < 1.29 is 9.90 Å². The Balaban J connectivity index is 2.23. The van der Waals surface area contributed by atoms with Gasteiger partial charge >= 0.3 is 0 Å². The highest BCUT2D eigenvalue weighted by Gasteiger charge is 2.05. The van der Waals surface area contributed by atoms with Crippen LogP contribution >= 0.6 is 23.4 Å². The number of aliphatic hydroxyl groups is 1. The van der Waals surface area contributed by atoms with Crippen molar-refractivity contribution in [3.63, 3.8) is 0 Å². The maximum atomic E-state index is 11.6. The topological polar surface area (TPSA) is 49.3 Å². The fourth-order valence-corrected chi connectivity index (χ4v) is 2.41. The van der Waals surface area contributed by atoms with Gasteiger partial charge in [0.25, 0.3) is 0 Å². The summed E-state index contributed by atoms with van der Waals surface area (Å²) >= 11 is 7.52. The lowest BCUT2D eigenvalue weighted by molar-refractivity contribution is -0.118. The van der Waals surface area contributed by atoms with Crippen LogP contribution in [0.15, 0.2) is 24.3 Å². The molecule has 0 aliphatic heterocycles. The molecule has 0 heterocycles. The standard InChI is InChI=1S/C13H18ClNO2S/c1-10(7-16)8-18-9-13(17)15-6-11-4-2-3-5-12(11)14/h2-5,10,16H,6-9H2,1H3,(H,15,17). The van der Waals surface area contributed by atoms with Gasteiger partial charge in [0.15, 0.2) is 0 Å². The van der Waals surface area contributed by atoms with Crippen LogP contribution in [0.1, 0.15) is 12.5 Å². The largest absolute Gasteiger partial charge is 0.396 e. The van der Waals surface area contributed by atoms with Gasteiger partial charge in [-0.1, -0.05) is 36.7 Å². The van der Waals surface area contributed by atoms with Crippen molar-refractivity contribution in [1.82, 2.24) is 5.32 Å². The molecule has 18 heavy (non-hydrogen) atoms. The van der Waals surface area contributed by atoms with Crippen molar-refractivity contribution in [1.29, 1.82) is 0 Å². The zero-order valence-electron chi connectivity index (χ0n) is 10.4. The summed E-state index contributed by atoms with van der Waals surface area (Å²) in [5.41, 5.74) is 0.918. The summed E-state index contributed by atoms with van der Waals surface area (Å²) in [7, 11) is 0. The third kappa shape index (κ3) is 5.76. The molecule has 1 atom stereocenters. The Kier molecular flexibility index (Phi) is 7.16. The highest BCUT2D eigenvalue weighted by Crippen LogP contribution is 2.14. The maximum absolute atomic E-state index is 11.6. The quantitative estimate of drug-likeness (QED) is 0.809. The molecule has 2 N–H and O–H groups in total. The lowest BCUT2D eigenvalue weighted by Crippen LogP contribution is -2.25. The Morgan fingerprint density at radius 2 is 2.22 bits per heavy atom. The van der Waals surface area contributed by atoms with E-state index in [0.717, 1.165) is 11.3 Å². The Labute approximate surface area is 117 Å². The van der Waals surface area contributed by atoms with E-state index < -0.39 is 0 Å². The predicted molar refractivity (Wildman–Crippen MR) is 76.9 cm³/mol. The van der Waals surface area contributed by atoms with E-state index in [-0.39, 0.29) is 18.4 Å². The summed E-state index contributed by atoms with van der Waals surface area (Å²) in [5.74, 6) is 1.42. The molecule has 1 aromatic rings. The molecule has 0 bridgehead atoms. The first-order valence-corrected chi connectivity index (χ1v) is 7.35. The zero-order valence-corrected chi connectivity index (χ0v) is 11.9. The van der Waals surface area contributed by atoms with Crippen LogP contribution in [-0.2, 0) is 11.3 Å². The monoisotopic (exact) mass is 287 g/mol. The summed E-state index contributed by atoms with van der Waals surface area (Å²) < 4.78 is 0. The Hall–Kier alpha value is -0.710. The van der Waals surface area contributed by atoms with Crippen LogP contribution in [0.4, 0.5) is 0 Å². The Morgan fingerprint density at radius 3 is 2.89 bits per heavy atom. The van der Waals surface area contributed by atoms with Gasteiger partial charge in [0.2, 0.25) is 5.91 Å². The van der Waals surface area contributed by atoms with Gasteiger partial charge in [-0.25, -0.2) is 0 Å². The minimum absolute atomic E-state index is 0.00920. The van der Waals surface area contributed by atoms with Crippen molar-refractivity contribution in [3.8, 4) is 0 Å². The van der Waals surface area contributed by atoms with Crippen LogP contribution in [0.25, 0.3) is 0 Å². The predicted octanol–water partition coefficient (Wildman–Crippen LogP) is 2.32. The van der Waals surface area contributed by atoms with E-state index in [4.69, 9.17) is 16.7 Å². The van der Waals surface area contributed by atoms with Gasteiger partial charge in [-0.2, -0.15) is 11.8 Å². The van der Waals surface area contributed by atoms with Gasteiger partial charge in [-0.3, -0.25) is 4.79 Å². The molecule has 0 aliphatic carbocycles. The molecular weight excluding hydrogens is 270 g/mol. The van der Waals surface area contributed by atoms with E-state index in [1.165, 1.54) is 11.8 Å². The molecule has 0 spiro atoms. The number of hydrogen-bond donors (Lipinski definition) is 2. The maximum Gasteiger partial charge on any atom is 0.230 e.